The van der Waals surface area contributed by atoms with Gasteiger partial charge in [-0.25, -0.2) is 4.98 Å². The van der Waals surface area contributed by atoms with Gasteiger partial charge >= 0.3 is 6.18 Å². The molecule has 1 aromatic carbocycles. The smallest absolute Gasteiger partial charge is 0.376 e. The third-order valence-corrected chi connectivity index (χ3v) is 3.25. The van der Waals surface area contributed by atoms with Gasteiger partial charge in [-0.05, 0) is 30.3 Å². The fraction of sp³-hybridized carbons (Fsp3) is 0.200. The molecule has 0 aliphatic carbocycles. The topological polar surface area (TPSA) is 33.2 Å². The molecule has 0 saturated carbocycles. The number of nitrogens with zero attached hydrogens (tertiary/aromatic N) is 2. The van der Waals surface area contributed by atoms with Crippen LogP contribution in [0.2, 0.25) is 5.02 Å². The van der Waals surface area contributed by atoms with Crippen molar-refractivity contribution in [3.63, 3.8) is 0 Å². The van der Waals surface area contributed by atoms with Crippen molar-refractivity contribution in [2.75, 3.05) is 19.0 Å². The van der Waals surface area contributed by atoms with Crippen LogP contribution < -0.4 is 4.90 Å². The fourth-order valence-corrected chi connectivity index (χ4v) is 1.99. The Hall–Kier alpha value is -2.08. The second-order valence-electron chi connectivity index (χ2n) is 4.82. The van der Waals surface area contributed by atoms with Crippen molar-refractivity contribution in [1.82, 2.24) is 4.98 Å². The van der Waals surface area contributed by atoms with E-state index in [2.05, 4.69) is 4.98 Å². The van der Waals surface area contributed by atoms with Crippen LogP contribution in [0.5, 0.6) is 0 Å². The maximum atomic E-state index is 12.8. The molecule has 0 unspecified atom stereocenters. The minimum absolute atomic E-state index is 0.0414. The van der Waals surface area contributed by atoms with E-state index >= 15 is 0 Å². The summed E-state index contributed by atoms with van der Waals surface area (Å²) in [6.45, 7) is 0. The standard InChI is InChI=1S/C15H12ClF3N2O/c1-21(2)12-7-10(15(17,18)19)8-20-13(12)14(22)9-3-5-11(16)6-4-9/h3-8H,1-2H3. The van der Waals surface area contributed by atoms with Crippen LogP contribution in [-0.2, 0) is 6.18 Å². The minimum Gasteiger partial charge on any atom is -0.376 e. The molecule has 2 rings (SSSR count). The molecular formula is C15H12ClF3N2O. The number of halogens is 4. The highest BCUT2D eigenvalue weighted by atomic mass is 35.5. The van der Waals surface area contributed by atoms with E-state index in [1.165, 1.54) is 29.2 Å². The molecule has 3 nitrogen and oxygen atoms in total. The summed E-state index contributed by atoms with van der Waals surface area (Å²) >= 11 is 5.75. The number of aromatic nitrogens is 1. The molecule has 0 atom stereocenters. The third kappa shape index (κ3) is 3.39. The summed E-state index contributed by atoms with van der Waals surface area (Å²) in [6, 6.07) is 6.99. The molecule has 0 amide bonds. The highest BCUT2D eigenvalue weighted by Crippen LogP contribution is 2.32. The molecule has 0 fully saturated rings. The van der Waals surface area contributed by atoms with Gasteiger partial charge in [0.15, 0.2) is 0 Å². The van der Waals surface area contributed by atoms with E-state index < -0.39 is 17.5 Å². The molecule has 0 N–H and O–H groups in total. The monoisotopic (exact) mass is 328 g/mol. The highest BCUT2D eigenvalue weighted by molar-refractivity contribution is 6.30. The first kappa shape index (κ1) is 16.3. The van der Waals surface area contributed by atoms with Gasteiger partial charge in [-0.2, -0.15) is 13.2 Å². The van der Waals surface area contributed by atoms with Gasteiger partial charge in [-0.15, -0.1) is 0 Å². The summed E-state index contributed by atoms with van der Waals surface area (Å²) < 4.78 is 38.3. The second kappa shape index (κ2) is 5.96. The quantitative estimate of drug-likeness (QED) is 0.797. The van der Waals surface area contributed by atoms with E-state index in [9.17, 15) is 18.0 Å². The van der Waals surface area contributed by atoms with Crippen molar-refractivity contribution >= 4 is 23.1 Å². The Morgan fingerprint density at radius 2 is 1.77 bits per heavy atom. The molecule has 7 heteroatoms. The number of rotatable bonds is 3. The van der Waals surface area contributed by atoms with E-state index in [-0.39, 0.29) is 11.4 Å². The molecule has 1 heterocycles. The predicted octanol–water partition coefficient (Wildman–Crippen LogP) is 4.05. The Kier molecular flexibility index (Phi) is 4.42. The molecule has 0 aliphatic heterocycles. The second-order valence-corrected chi connectivity index (χ2v) is 5.26. The van der Waals surface area contributed by atoms with Crippen molar-refractivity contribution in [1.29, 1.82) is 0 Å². The molecule has 116 valence electrons. The lowest BCUT2D eigenvalue weighted by atomic mass is 10.1. The Morgan fingerprint density at radius 1 is 1.18 bits per heavy atom. The first-order chi connectivity index (χ1) is 10.2. The SMILES string of the molecule is CN(C)c1cc(C(F)(F)F)cnc1C(=O)c1ccc(Cl)cc1. The average molecular weight is 329 g/mol. The van der Waals surface area contributed by atoms with Crippen molar-refractivity contribution in [2.45, 2.75) is 6.18 Å². The predicted molar refractivity (Wildman–Crippen MR) is 78.5 cm³/mol. The van der Waals surface area contributed by atoms with Crippen LogP contribution in [0, 0.1) is 0 Å². The van der Waals surface area contributed by atoms with Crippen molar-refractivity contribution in [2.24, 2.45) is 0 Å². The number of anilines is 1. The summed E-state index contributed by atoms with van der Waals surface area (Å²) in [4.78, 5) is 17.6. The van der Waals surface area contributed by atoms with E-state index in [1.54, 1.807) is 14.1 Å². The summed E-state index contributed by atoms with van der Waals surface area (Å²) in [7, 11) is 3.10. The summed E-state index contributed by atoms with van der Waals surface area (Å²) in [5, 5.41) is 0.463. The van der Waals surface area contributed by atoms with Crippen LogP contribution in [0.4, 0.5) is 18.9 Å². The molecule has 0 bridgehead atoms. The lowest BCUT2D eigenvalue weighted by molar-refractivity contribution is -0.137. The fourth-order valence-electron chi connectivity index (χ4n) is 1.86. The van der Waals surface area contributed by atoms with Crippen LogP contribution in [-0.4, -0.2) is 24.9 Å². The zero-order chi connectivity index (χ0) is 16.5. The van der Waals surface area contributed by atoms with Gasteiger partial charge < -0.3 is 4.90 Å². The van der Waals surface area contributed by atoms with Crippen LogP contribution in [0.15, 0.2) is 36.5 Å². The number of alkyl halides is 3. The van der Waals surface area contributed by atoms with Gasteiger partial charge in [0.1, 0.15) is 5.69 Å². The largest absolute Gasteiger partial charge is 0.417 e. The van der Waals surface area contributed by atoms with Gasteiger partial charge in [0, 0.05) is 30.9 Å². The van der Waals surface area contributed by atoms with Gasteiger partial charge in [0.25, 0.3) is 0 Å². The molecule has 0 radical (unpaired) electrons. The van der Waals surface area contributed by atoms with Crippen LogP contribution in [0.3, 0.4) is 0 Å². The highest BCUT2D eigenvalue weighted by Gasteiger charge is 2.32. The molecule has 22 heavy (non-hydrogen) atoms. The van der Waals surface area contributed by atoms with Crippen molar-refractivity contribution < 1.29 is 18.0 Å². The molecular weight excluding hydrogens is 317 g/mol. The van der Waals surface area contributed by atoms with Crippen LogP contribution >= 0.6 is 11.6 Å². The molecule has 0 saturated heterocycles. The average Bonchev–Trinajstić information content (AvgIpc) is 2.45. The summed E-state index contributed by atoms with van der Waals surface area (Å²) in [6.07, 6.45) is -3.85. The molecule has 1 aromatic heterocycles. The van der Waals surface area contributed by atoms with Crippen molar-refractivity contribution in [3.05, 3.63) is 58.4 Å². The maximum Gasteiger partial charge on any atom is 0.417 e. The number of benzene rings is 1. The van der Waals surface area contributed by atoms with E-state index in [0.717, 1.165) is 6.07 Å². The van der Waals surface area contributed by atoms with Crippen molar-refractivity contribution in [3.8, 4) is 0 Å². The number of carbonyl (C=O) groups excluding carboxylic acids is 1. The molecule has 0 spiro atoms. The molecule has 0 aliphatic rings. The number of hydrogen-bond donors (Lipinski definition) is 0. The van der Waals surface area contributed by atoms with Gasteiger partial charge in [0.2, 0.25) is 5.78 Å². The number of carbonyl (C=O) groups is 1. The lowest BCUT2D eigenvalue weighted by Gasteiger charge is -2.18. The van der Waals surface area contributed by atoms with E-state index in [1.807, 2.05) is 0 Å². The number of pyridine rings is 1. The van der Waals surface area contributed by atoms with Crippen LogP contribution in [0.25, 0.3) is 0 Å². The lowest BCUT2D eigenvalue weighted by Crippen LogP contribution is -2.18. The summed E-state index contributed by atoms with van der Waals surface area (Å²) in [5.74, 6) is -0.464. The van der Waals surface area contributed by atoms with E-state index in [4.69, 9.17) is 11.6 Å². The number of hydrogen-bond acceptors (Lipinski definition) is 3. The Balaban J connectivity index is 2.50. The zero-order valence-electron chi connectivity index (χ0n) is 11.8. The Bertz CT molecular complexity index is 697. The summed E-state index contributed by atoms with van der Waals surface area (Å²) in [5.41, 5.74) is -0.529. The molecule has 2 aromatic rings. The van der Waals surface area contributed by atoms with E-state index in [0.29, 0.717) is 16.8 Å². The maximum absolute atomic E-state index is 12.8. The first-order valence-electron chi connectivity index (χ1n) is 6.25. The van der Waals surface area contributed by atoms with Gasteiger partial charge in [-0.1, -0.05) is 11.6 Å². The minimum atomic E-state index is -4.51. The first-order valence-corrected chi connectivity index (χ1v) is 6.63. The third-order valence-electron chi connectivity index (χ3n) is 3.00. The zero-order valence-corrected chi connectivity index (χ0v) is 12.5. The van der Waals surface area contributed by atoms with Gasteiger partial charge in [-0.3, -0.25) is 4.79 Å². The number of ketones is 1. The van der Waals surface area contributed by atoms with Crippen LogP contribution in [0.1, 0.15) is 21.6 Å². The Morgan fingerprint density at radius 3 is 2.27 bits per heavy atom. The normalized spacial score (nSPS) is 11.4. The van der Waals surface area contributed by atoms with Gasteiger partial charge in [0.05, 0.1) is 11.3 Å². The Labute approximate surface area is 130 Å².